The minimum Gasteiger partial charge on any atom is -0.497 e. The van der Waals surface area contributed by atoms with Gasteiger partial charge in [-0.1, -0.05) is 25.5 Å². The number of benzene rings is 2. The maximum atomic E-state index is 5.70. The number of rotatable bonds is 8. The SMILES string of the molecule is CCCc1sc(Nc2ccccc2OCC)nc1-c1ccc(OC)cc1. The number of ether oxygens (including phenoxy) is 2. The van der Waals surface area contributed by atoms with Gasteiger partial charge >= 0.3 is 0 Å². The number of anilines is 2. The molecule has 1 aromatic heterocycles. The van der Waals surface area contributed by atoms with E-state index in [1.54, 1.807) is 18.4 Å². The fourth-order valence-corrected chi connectivity index (χ4v) is 3.84. The summed E-state index contributed by atoms with van der Waals surface area (Å²) < 4.78 is 11.0. The van der Waals surface area contributed by atoms with Gasteiger partial charge in [0, 0.05) is 10.4 Å². The van der Waals surface area contributed by atoms with Crippen LogP contribution in [0.1, 0.15) is 25.1 Å². The van der Waals surface area contributed by atoms with Crippen LogP contribution in [0.25, 0.3) is 11.3 Å². The molecule has 0 spiro atoms. The van der Waals surface area contributed by atoms with Gasteiger partial charge in [0.25, 0.3) is 0 Å². The van der Waals surface area contributed by atoms with Crippen molar-refractivity contribution in [3.8, 4) is 22.8 Å². The number of methoxy groups -OCH3 is 1. The molecule has 1 N–H and O–H groups in total. The smallest absolute Gasteiger partial charge is 0.188 e. The fourth-order valence-electron chi connectivity index (χ4n) is 2.74. The van der Waals surface area contributed by atoms with Crippen LogP contribution in [-0.2, 0) is 6.42 Å². The third-order valence-electron chi connectivity index (χ3n) is 3.97. The van der Waals surface area contributed by atoms with Crippen molar-refractivity contribution in [1.29, 1.82) is 0 Å². The van der Waals surface area contributed by atoms with Crippen molar-refractivity contribution in [3.05, 3.63) is 53.4 Å². The predicted octanol–water partition coefficient (Wildman–Crippen LogP) is 5.91. The Kier molecular flexibility index (Phi) is 6.12. The third-order valence-corrected chi connectivity index (χ3v) is 5.00. The molecule has 2 aromatic carbocycles. The van der Waals surface area contributed by atoms with Crippen molar-refractivity contribution in [1.82, 2.24) is 4.98 Å². The Labute approximate surface area is 158 Å². The molecule has 4 nitrogen and oxygen atoms in total. The van der Waals surface area contributed by atoms with E-state index in [1.807, 2.05) is 43.3 Å². The van der Waals surface area contributed by atoms with Gasteiger partial charge in [-0.3, -0.25) is 0 Å². The summed E-state index contributed by atoms with van der Waals surface area (Å²) >= 11 is 1.70. The highest BCUT2D eigenvalue weighted by Crippen LogP contribution is 2.36. The average Bonchev–Trinajstić information content (AvgIpc) is 3.06. The summed E-state index contributed by atoms with van der Waals surface area (Å²) in [7, 11) is 1.68. The standard InChI is InChI=1S/C21H24N2O2S/c1-4-8-19-20(15-11-13-16(24-3)14-12-15)23-21(26-19)22-17-9-6-7-10-18(17)25-5-2/h6-7,9-14H,4-5,8H2,1-3H3,(H,22,23). The first-order chi connectivity index (χ1) is 12.7. The van der Waals surface area contributed by atoms with Gasteiger partial charge in [-0.05, 0) is 49.7 Å². The van der Waals surface area contributed by atoms with E-state index in [0.717, 1.165) is 46.4 Å². The monoisotopic (exact) mass is 368 g/mol. The highest BCUT2D eigenvalue weighted by Gasteiger charge is 2.14. The molecule has 3 aromatic rings. The van der Waals surface area contributed by atoms with Crippen LogP contribution < -0.4 is 14.8 Å². The molecule has 0 fully saturated rings. The number of hydrogen-bond acceptors (Lipinski definition) is 5. The van der Waals surface area contributed by atoms with Crippen LogP contribution in [0, 0.1) is 0 Å². The molecular weight excluding hydrogens is 344 g/mol. The summed E-state index contributed by atoms with van der Waals surface area (Å²) in [6.45, 7) is 4.81. The quantitative estimate of drug-likeness (QED) is 0.536. The van der Waals surface area contributed by atoms with Crippen LogP contribution in [0.2, 0.25) is 0 Å². The van der Waals surface area contributed by atoms with Crippen LogP contribution in [0.5, 0.6) is 11.5 Å². The molecule has 0 saturated heterocycles. The summed E-state index contributed by atoms with van der Waals surface area (Å²) in [6.07, 6.45) is 2.09. The molecule has 0 bridgehead atoms. The zero-order valence-corrected chi connectivity index (χ0v) is 16.2. The summed E-state index contributed by atoms with van der Waals surface area (Å²) in [6, 6.07) is 16.0. The molecule has 5 heteroatoms. The van der Waals surface area contributed by atoms with Gasteiger partial charge in [0.15, 0.2) is 5.13 Å². The number of nitrogens with zero attached hydrogens (tertiary/aromatic N) is 1. The first-order valence-corrected chi connectivity index (χ1v) is 9.69. The number of aromatic nitrogens is 1. The molecule has 0 aliphatic rings. The van der Waals surface area contributed by atoms with Gasteiger partial charge in [-0.2, -0.15) is 0 Å². The van der Waals surface area contributed by atoms with Crippen molar-refractivity contribution < 1.29 is 9.47 Å². The van der Waals surface area contributed by atoms with Gasteiger partial charge in [0.2, 0.25) is 0 Å². The second kappa shape index (κ2) is 8.72. The van der Waals surface area contributed by atoms with Gasteiger partial charge in [-0.15, -0.1) is 11.3 Å². The van der Waals surface area contributed by atoms with Crippen molar-refractivity contribution in [2.75, 3.05) is 19.0 Å². The zero-order chi connectivity index (χ0) is 18.4. The highest BCUT2D eigenvalue weighted by molar-refractivity contribution is 7.16. The van der Waals surface area contributed by atoms with Crippen molar-refractivity contribution in [2.45, 2.75) is 26.7 Å². The average molecular weight is 369 g/mol. The van der Waals surface area contributed by atoms with Gasteiger partial charge in [0.05, 0.1) is 25.1 Å². The molecule has 3 rings (SSSR count). The number of nitrogens with one attached hydrogen (secondary N) is 1. The Morgan fingerprint density at radius 1 is 1.04 bits per heavy atom. The van der Waals surface area contributed by atoms with Crippen LogP contribution in [-0.4, -0.2) is 18.7 Å². The van der Waals surface area contributed by atoms with E-state index in [-0.39, 0.29) is 0 Å². The molecule has 0 aliphatic carbocycles. The van der Waals surface area contributed by atoms with E-state index in [1.165, 1.54) is 4.88 Å². The van der Waals surface area contributed by atoms with Gasteiger partial charge in [0.1, 0.15) is 11.5 Å². The van der Waals surface area contributed by atoms with Gasteiger partial charge < -0.3 is 14.8 Å². The Morgan fingerprint density at radius 3 is 2.50 bits per heavy atom. The van der Waals surface area contributed by atoms with Crippen LogP contribution in [0.15, 0.2) is 48.5 Å². The Balaban J connectivity index is 1.91. The lowest BCUT2D eigenvalue weighted by atomic mass is 10.1. The lowest BCUT2D eigenvalue weighted by Gasteiger charge is -2.09. The summed E-state index contributed by atoms with van der Waals surface area (Å²) in [4.78, 5) is 6.15. The first-order valence-electron chi connectivity index (χ1n) is 8.88. The number of hydrogen-bond donors (Lipinski definition) is 1. The first kappa shape index (κ1) is 18.3. The molecule has 26 heavy (non-hydrogen) atoms. The summed E-state index contributed by atoms with van der Waals surface area (Å²) in [5, 5.41) is 4.31. The van der Waals surface area contributed by atoms with E-state index >= 15 is 0 Å². The van der Waals surface area contributed by atoms with Crippen LogP contribution in [0.4, 0.5) is 10.8 Å². The van der Waals surface area contributed by atoms with E-state index in [9.17, 15) is 0 Å². The van der Waals surface area contributed by atoms with E-state index in [4.69, 9.17) is 14.5 Å². The minimum absolute atomic E-state index is 0.634. The Hall–Kier alpha value is -2.53. The molecule has 0 radical (unpaired) electrons. The van der Waals surface area contributed by atoms with Crippen molar-refractivity contribution in [3.63, 3.8) is 0 Å². The highest BCUT2D eigenvalue weighted by atomic mass is 32.1. The predicted molar refractivity (Wildman–Crippen MR) is 109 cm³/mol. The number of aryl methyl sites for hydroxylation is 1. The number of thiazole rings is 1. The minimum atomic E-state index is 0.634. The van der Waals surface area contributed by atoms with Gasteiger partial charge in [-0.25, -0.2) is 4.98 Å². The molecule has 0 unspecified atom stereocenters. The van der Waals surface area contributed by atoms with E-state index in [2.05, 4.69) is 24.4 Å². The van der Waals surface area contributed by atoms with Crippen LogP contribution >= 0.6 is 11.3 Å². The van der Waals surface area contributed by atoms with E-state index < -0.39 is 0 Å². The molecule has 1 heterocycles. The van der Waals surface area contributed by atoms with Crippen molar-refractivity contribution in [2.24, 2.45) is 0 Å². The maximum Gasteiger partial charge on any atom is 0.188 e. The summed E-state index contributed by atoms with van der Waals surface area (Å²) in [5.41, 5.74) is 3.08. The zero-order valence-electron chi connectivity index (χ0n) is 15.4. The Bertz CT molecular complexity index is 843. The molecule has 0 atom stereocenters. The Morgan fingerprint density at radius 2 is 1.81 bits per heavy atom. The second-order valence-corrected chi connectivity index (χ2v) is 6.91. The third kappa shape index (κ3) is 4.17. The van der Waals surface area contributed by atoms with E-state index in [0.29, 0.717) is 6.61 Å². The fraction of sp³-hybridized carbons (Fsp3) is 0.286. The topological polar surface area (TPSA) is 43.4 Å². The number of para-hydroxylation sites is 2. The lowest BCUT2D eigenvalue weighted by molar-refractivity contribution is 0.342. The second-order valence-electron chi connectivity index (χ2n) is 5.82. The maximum absolute atomic E-state index is 5.70. The van der Waals surface area contributed by atoms with Crippen molar-refractivity contribution >= 4 is 22.2 Å². The normalized spacial score (nSPS) is 10.6. The summed E-state index contributed by atoms with van der Waals surface area (Å²) in [5.74, 6) is 1.69. The molecule has 0 saturated carbocycles. The van der Waals surface area contributed by atoms with Crippen LogP contribution in [0.3, 0.4) is 0 Å². The largest absolute Gasteiger partial charge is 0.497 e. The molecule has 0 aliphatic heterocycles. The lowest BCUT2D eigenvalue weighted by Crippen LogP contribution is -1.97. The molecule has 136 valence electrons. The molecule has 0 amide bonds. The molecular formula is C21H24N2O2S.